The van der Waals surface area contributed by atoms with E-state index in [9.17, 15) is 10.1 Å². The molecule has 0 radical (unpaired) electrons. The maximum Gasteiger partial charge on any atom is 0.257 e. The van der Waals surface area contributed by atoms with Gasteiger partial charge in [-0.2, -0.15) is 5.26 Å². The van der Waals surface area contributed by atoms with E-state index in [2.05, 4.69) is 11.0 Å². The minimum Gasteiger partial charge on any atom is -0.497 e. The number of ether oxygens (including phenoxy) is 2. The predicted octanol–water partition coefficient (Wildman–Crippen LogP) is 2.73. The van der Waals surface area contributed by atoms with Crippen molar-refractivity contribution >= 4 is 5.91 Å². The molecule has 0 spiro atoms. The number of rotatable bonds is 5. The first kappa shape index (κ1) is 18.7. The molecule has 2 aromatic rings. The molecule has 6 nitrogen and oxygen atoms in total. The molecule has 1 amide bonds. The number of benzene rings is 2. The van der Waals surface area contributed by atoms with Crippen molar-refractivity contribution in [3.63, 3.8) is 0 Å². The molecule has 140 valence electrons. The molecule has 0 aliphatic carbocycles. The minimum atomic E-state index is -0.358. The van der Waals surface area contributed by atoms with Crippen LogP contribution >= 0.6 is 0 Å². The molecule has 1 atom stereocenters. The zero-order chi connectivity index (χ0) is 19.2. The number of hydrogen-bond donors (Lipinski definition) is 0. The molecule has 2 aromatic carbocycles. The van der Waals surface area contributed by atoms with Crippen LogP contribution in [0.4, 0.5) is 0 Å². The van der Waals surface area contributed by atoms with Gasteiger partial charge in [-0.25, -0.2) is 0 Å². The second-order valence-electron chi connectivity index (χ2n) is 6.34. The van der Waals surface area contributed by atoms with Gasteiger partial charge >= 0.3 is 0 Å². The first-order chi connectivity index (χ1) is 13.2. The average molecular weight is 365 g/mol. The van der Waals surface area contributed by atoms with Crippen LogP contribution in [0.5, 0.6) is 11.5 Å². The summed E-state index contributed by atoms with van der Waals surface area (Å²) in [7, 11) is 3.18. The lowest BCUT2D eigenvalue weighted by Gasteiger charge is -2.37. The summed E-state index contributed by atoms with van der Waals surface area (Å²) in [5.74, 6) is 1.27. The molecule has 1 heterocycles. The summed E-state index contributed by atoms with van der Waals surface area (Å²) in [6.07, 6.45) is 0. The van der Waals surface area contributed by atoms with E-state index in [-0.39, 0.29) is 11.9 Å². The third kappa shape index (κ3) is 4.04. The van der Waals surface area contributed by atoms with Gasteiger partial charge in [0.1, 0.15) is 17.5 Å². The Hall–Kier alpha value is -3.04. The summed E-state index contributed by atoms with van der Waals surface area (Å²) in [5.41, 5.74) is 1.47. The summed E-state index contributed by atoms with van der Waals surface area (Å²) in [6.45, 7) is 2.41. The molecule has 6 heteroatoms. The Bertz CT molecular complexity index is 839. The number of carbonyl (C=O) groups is 1. The second-order valence-corrected chi connectivity index (χ2v) is 6.34. The van der Waals surface area contributed by atoms with E-state index in [1.54, 1.807) is 26.4 Å². The van der Waals surface area contributed by atoms with Gasteiger partial charge in [-0.1, -0.05) is 24.3 Å². The van der Waals surface area contributed by atoms with Crippen LogP contribution in [0.15, 0.2) is 48.5 Å². The summed E-state index contributed by atoms with van der Waals surface area (Å²) in [5, 5.41) is 9.69. The molecule has 0 N–H and O–H groups in total. The Kier molecular flexibility index (Phi) is 5.94. The Morgan fingerprint density at radius 1 is 1.04 bits per heavy atom. The van der Waals surface area contributed by atoms with Gasteiger partial charge in [0.2, 0.25) is 0 Å². The first-order valence-corrected chi connectivity index (χ1v) is 8.88. The number of nitrogens with zero attached hydrogens (tertiary/aromatic N) is 3. The summed E-state index contributed by atoms with van der Waals surface area (Å²) in [4.78, 5) is 16.7. The van der Waals surface area contributed by atoms with Crippen molar-refractivity contribution in [2.24, 2.45) is 0 Å². The topological polar surface area (TPSA) is 65.8 Å². The molecule has 1 aliphatic heterocycles. The summed E-state index contributed by atoms with van der Waals surface area (Å²) < 4.78 is 10.6. The molecular weight excluding hydrogens is 342 g/mol. The lowest BCUT2D eigenvalue weighted by atomic mass is 10.0. The van der Waals surface area contributed by atoms with Crippen LogP contribution in [0.1, 0.15) is 22.0 Å². The van der Waals surface area contributed by atoms with Crippen molar-refractivity contribution in [2.75, 3.05) is 40.4 Å². The van der Waals surface area contributed by atoms with Gasteiger partial charge in [0.15, 0.2) is 0 Å². The largest absolute Gasteiger partial charge is 0.497 e. The number of para-hydroxylation sites is 1. The Morgan fingerprint density at radius 3 is 2.44 bits per heavy atom. The number of carbonyl (C=O) groups excluding carboxylic acids is 1. The molecule has 0 saturated carbocycles. The lowest BCUT2D eigenvalue weighted by molar-refractivity contribution is 0.0603. The van der Waals surface area contributed by atoms with Crippen molar-refractivity contribution in [1.29, 1.82) is 5.26 Å². The molecule has 0 aromatic heterocycles. The van der Waals surface area contributed by atoms with Gasteiger partial charge in [-0.3, -0.25) is 9.69 Å². The molecular formula is C21H23N3O3. The van der Waals surface area contributed by atoms with Gasteiger partial charge in [-0.15, -0.1) is 0 Å². The van der Waals surface area contributed by atoms with Crippen molar-refractivity contribution in [3.8, 4) is 17.6 Å². The fourth-order valence-corrected chi connectivity index (χ4v) is 3.35. The van der Waals surface area contributed by atoms with E-state index in [0.29, 0.717) is 37.5 Å². The Balaban J connectivity index is 1.69. The van der Waals surface area contributed by atoms with Gasteiger partial charge < -0.3 is 14.4 Å². The Morgan fingerprint density at radius 2 is 1.78 bits per heavy atom. The van der Waals surface area contributed by atoms with Crippen LogP contribution in [0.25, 0.3) is 0 Å². The van der Waals surface area contributed by atoms with Gasteiger partial charge in [0.25, 0.3) is 5.91 Å². The van der Waals surface area contributed by atoms with Crippen molar-refractivity contribution in [2.45, 2.75) is 6.04 Å². The third-order valence-electron chi connectivity index (χ3n) is 4.84. The van der Waals surface area contributed by atoms with E-state index in [0.717, 1.165) is 11.3 Å². The SMILES string of the molecule is COc1cccc(C(C#N)N2CCN(C(=O)c3ccccc3OC)CC2)c1. The highest BCUT2D eigenvalue weighted by Crippen LogP contribution is 2.26. The Labute approximate surface area is 159 Å². The van der Waals surface area contributed by atoms with E-state index in [1.165, 1.54) is 0 Å². The standard InChI is InChI=1S/C21H23N3O3/c1-26-17-7-5-6-16(14-17)19(15-22)23-10-12-24(13-11-23)21(25)18-8-3-4-9-20(18)27-2/h3-9,14,19H,10-13H2,1-2H3. The average Bonchev–Trinajstić information content (AvgIpc) is 2.74. The number of amides is 1. The van der Waals surface area contributed by atoms with Gasteiger partial charge in [0, 0.05) is 26.2 Å². The van der Waals surface area contributed by atoms with Crippen LogP contribution in [0, 0.1) is 11.3 Å². The van der Waals surface area contributed by atoms with Crippen LogP contribution in [0.2, 0.25) is 0 Å². The zero-order valence-corrected chi connectivity index (χ0v) is 15.6. The fraction of sp³-hybridized carbons (Fsp3) is 0.333. The van der Waals surface area contributed by atoms with Crippen molar-refractivity contribution in [3.05, 3.63) is 59.7 Å². The van der Waals surface area contributed by atoms with Crippen LogP contribution in [0.3, 0.4) is 0 Å². The van der Waals surface area contributed by atoms with Crippen LogP contribution in [-0.2, 0) is 0 Å². The highest BCUT2D eigenvalue weighted by Gasteiger charge is 2.28. The van der Waals surface area contributed by atoms with Crippen molar-refractivity contribution in [1.82, 2.24) is 9.80 Å². The molecule has 0 bridgehead atoms. The zero-order valence-electron chi connectivity index (χ0n) is 15.6. The van der Waals surface area contributed by atoms with Gasteiger partial charge in [-0.05, 0) is 29.8 Å². The molecule has 1 fully saturated rings. The lowest BCUT2D eigenvalue weighted by Crippen LogP contribution is -2.49. The van der Waals surface area contributed by atoms with E-state index in [4.69, 9.17) is 9.47 Å². The maximum atomic E-state index is 12.8. The maximum absolute atomic E-state index is 12.8. The smallest absolute Gasteiger partial charge is 0.257 e. The number of hydrogen-bond acceptors (Lipinski definition) is 5. The molecule has 1 aliphatic rings. The minimum absolute atomic E-state index is 0.0398. The molecule has 27 heavy (non-hydrogen) atoms. The van der Waals surface area contributed by atoms with Crippen molar-refractivity contribution < 1.29 is 14.3 Å². The molecule has 3 rings (SSSR count). The molecule has 1 saturated heterocycles. The van der Waals surface area contributed by atoms with Gasteiger partial charge in [0.05, 0.1) is 25.9 Å². The summed E-state index contributed by atoms with van der Waals surface area (Å²) in [6, 6.07) is 16.8. The third-order valence-corrected chi connectivity index (χ3v) is 4.84. The molecule has 1 unspecified atom stereocenters. The van der Waals surface area contributed by atoms with Crippen LogP contribution < -0.4 is 9.47 Å². The van der Waals surface area contributed by atoms with E-state index in [1.807, 2.05) is 41.3 Å². The number of nitriles is 1. The normalized spacial score (nSPS) is 15.7. The highest BCUT2D eigenvalue weighted by atomic mass is 16.5. The number of methoxy groups -OCH3 is 2. The second kappa shape index (κ2) is 8.56. The van der Waals surface area contributed by atoms with E-state index >= 15 is 0 Å². The number of piperazine rings is 1. The summed E-state index contributed by atoms with van der Waals surface area (Å²) >= 11 is 0. The quantitative estimate of drug-likeness (QED) is 0.815. The van der Waals surface area contributed by atoms with Crippen LogP contribution in [-0.4, -0.2) is 56.1 Å². The monoisotopic (exact) mass is 365 g/mol. The fourth-order valence-electron chi connectivity index (χ4n) is 3.35. The highest BCUT2D eigenvalue weighted by molar-refractivity contribution is 5.97. The first-order valence-electron chi connectivity index (χ1n) is 8.88. The van der Waals surface area contributed by atoms with E-state index < -0.39 is 0 Å². The predicted molar refractivity (Wildman–Crippen MR) is 102 cm³/mol.